The van der Waals surface area contributed by atoms with E-state index < -0.39 is 0 Å². The van der Waals surface area contributed by atoms with Crippen molar-refractivity contribution in [3.8, 4) is 0 Å². The monoisotopic (exact) mass is 299 g/mol. The van der Waals surface area contributed by atoms with Crippen LogP contribution in [0.2, 0.25) is 0 Å². The third-order valence-electron chi connectivity index (χ3n) is 3.94. The molecule has 1 aliphatic rings. The Labute approximate surface area is 127 Å². The molecule has 0 saturated heterocycles. The second-order valence-electron chi connectivity index (χ2n) is 5.73. The first kappa shape index (κ1) is 12.9. The summed E-state index contributed by atoms with van der Waals surface area (Å²) in [6, 6.07) is 8.61. The van der Waals surface area contributed by atoms with Crippen molar-refractivity contribution in [2.45, 2.75) is 32.2 Å². The highest BCUT2D eigenvalue weighted by Crippen LogP contribution is 2.32. The number of rotatable bonds is 2. The molecule has 1 aromatic carbocycles. The molecule has 3 heterocycles. The van der Waals surface area contributed by atoms with Gasteiger partial charge in [-0.1, -0.05) is 49.4 Å². The third kappa shape index (κ3) is 2.06. The summed E-state index contributed by atoms with van der Waals surface area (Å²) >= 11 is 1.64. The molecule has 2 aromatic heterocycles. The van der Waals surface area contributed by atoms with Gasteiger partial charge < -0.3 is 5.32 Å². The molecule has 108 valence electrons. The summed E-state index contributed by atoms with van der Waals surface area (Å²) < 4.78 is 1.90. The third-order valence-corrected chi connectivity index (χ3v) is 4.95. The molecule has 1 unspecified atom stereocenters. The van der Waals surface area contributed by atoms with Crippen LogP contribution in [0.3, 0.4) is 0 Å². The highest BCUT2D eigenvalue weighted by Gasteiger charge is 2.25. The summed E-state index contributed by atoms with van der Waals surface area (Å²) in [5.74, 6) is 1.57. The molecule has 0 bridgehead atoms. The van der Waals surface area contributed by atoms with Crippen molar-refractivity contribution in [2.24, 2.45) is 0 Å². The van der Waals surface area contributed by atoms with Crippen LogP contribution in [0.15, 0.2) is 24.3 Å². The zero-order valence-electron chi connectivity index (χ0n) is 12.1. The Hall–Kier alpha value is -1.79. The Morgan fingerprint density at radius 3 is 3.00 bits per heavy atom. The van der Waals surface area contributed by atoms with Crippen molar-refractivity contribution in [1.82, 2.24) is 25.1 Å². The quantitative estimate of drug-likeness (QED) is 0.790. The number of benzene rings is 1. The molecule has 3 aromatic rings. The molecule has 0 amide bonds. The van der Waals surface area contributed by atoms with Crippen LogP contribution in [-0.2, 0) is 6.54 Å². The van der Waals surface area contributed by atoms with Gasteiger partial charge in [-0.25, -0.2) is 0 Å². The molecule has 0 radical (unpaired) electrons. The summed E-state index contributed by atoms with van der Waals surface area (Å²) in [4.78, 5) is 0.886. The topological polar surface area (TPSA) is 55.1 Å². The first-order valence-electron chi connectivity index (χ1n) is 7.24. The van der Waals surface area contributed by atoms with Crippen molar-refractivity contribution < 1.29 is 0 Å². The standard InChI is InChI=1S/C15H17N5S/c1-9(2)13-17-18-15-20(13)19-14(21-15)12-8-16-7-10-5-3-4-6-11(10)12/h3-6,9,12,16H,7-8H2,1-2H3. The Balaban J connectivity index is 1.81. The van der Waals surface area contributed by atoms with Crippen LogP contribution >= 0.6 is 11.3 Å². The molecule has 1 aliphatic heterocycles. The lowest BCUT2D eigenvalue weighted by Crippen LogP contribution is -2.28. The summed E-state index contributed by atoms with van der Waals surface area (Å²) in [5, 5.41) is 17.9. The maximum Gasteiger partial charge on any atom is 0.234 e. The van der Waals surface area contributed by atoms with E-state index in [-0.39, 0.29) is 0 Å². The van der Waals surface area contributed by atoms with E-state index in [1.54, 1.807) is 11.3 Å². The highest BCUT2D eigenvalue weighted by atomic mass is 32.1. The van der Waals surface area contributed by atoms with Gasteiger partial charge in [-0.15, -0.1) is 10.2 Å². The summed E-state index contributed by atoms with van der Waals surface area (Å²) in [7, 11) is 0. The normalized spacial score (nSPS) is 18.3. The Kier molecular flexibility index (Phi) is 3.01. The maximum atomic E-state index is 4.79. The lowest BCUT2D eigenvalue weighted by atomic mass is 9.91. The molecule has 1 atom stereocenters. The van der Waals surface area contributed by atoms with E-state index in [1.807, 2.05) is 4.52 Å². The van der Waals surface area contributed by atoms with E-state index >= 15 is 0 Å². The summed E-state index contributed by atoms with van der Waals surface area (Å²) in [6.07, 6.45) is 0. The van der Waals surface area contributed by atoms with E-state index in [4.69, 9.17) is 5.10 Å². The largest absolute Gasteiger partial charge is 0.312 e. The fourth-order valence-corrected chi connectivity index (χ4v) is 3.83. The Morgan fingerprint density at radius 2 is 2.14 bits per heavy atom. The van der Waals surface area contributed by atoms with Crippen LogP contribution in [0.5, 0.6) is 0 Å². The second-order valence-corrected chi connectivity index (χ2v) is 6.72. The smallest absolute Gasteiger partial charge is 0.234 e. The number of nitrogens with zero attached hydrogens (tertiary/aromatic N) is 4. The fraction of sp³-hybridized carbons (Fsp3) is 0.400. The molecule has 1 N–H and O–H groups in total. The van der Waals surface area contributed by atoms with Crippen molar-refractivity contribution in [3.05, 3.63) is 46.2 Å². The number of hydrogen-bond donors (Lipinski definition) is 1. The van der Waals surface area contributed by atoms with E-state index in [1.165, 1.54) is 11.1 Å². The van der Waals surface area contributed by atoms with Crippen molar-refractivity contribution >= 4 is 16.3 Å². The van der Waals surface area contributed by atoms with Gasteiger partial charge in [0.1, 0.15) is 5.01 Å². The molecular weight excluding hydrogens is 282 g/mol. The van der Waals surface area contributed by atoms with Crippen LogP contribution in [0.25, 0.3) is 4.96 Å². The van der Waals surface area contributed by atoms with Gasteiger partial charge in [0.2, 0.25) is 4.96 Å². The number of fused-ring (bicyclic) bond motifs is 2. The molecule has 0 spiro atoms. The number of aromatic nitrogens is 4. The fourth-order valence-electron chi connectivity index (χ4n) is 2.86. The van der Waals surface area contributed by atoms with E-state index in [0.29, 0.717) is 11.8 Å². The van der Waals surface area contributed by atoms with E-state index in [9.17, 15) is 0 Å². The van der Waals surface area contributed by atoms with Crippen LogP contribution in [0.4, 0.5) is 0 Å². The van der Waals surface area contributed by atoms with Crippen LogP contribution in [-0.4, -0.2) is 26.4 Å². The number of nitrogens with one attached hydrogen (secondary N) is 1. The Morgan fingerprint density at radius 1 is 1.29 bits per heavy atom. The highest BCUT2D eigenvalue weighted by molar-refractivity contribution is 7.16. The van der Waals surface area contributed by atoms with Gasteiger partial charge in [0, 0.05) is 19.0 Å². The molecular formula is C15H17N5S. The molecule has 6 heteroatoms. The molecule has 0 saturated carbocycles. The first-order chi connectivity index (χ1) is 10.2. The Bertz CT molecular complexity index is 788. The van der Waals surface area contributed by atoms with Crippen LogP contribution in [0, 0.1) is 0 Å². The molecule has 0 aliphatic carbocycles. The van der Waals surface area contributed by atoms with Crippen LogP contribution < -0.4 is 5.32 Å². The number of hydrogen-bond acceptors (Lipinski definition) is 5. The molecule has 4 rings (SSSR count). The molecule has 21 heavy (non-hydrogen) atoms. The van der Waals surface area contributed by atoms with Gasteiger partial charge in [0.25, 0.3) is 0 Å². The zero-order valence-corrected chi connectivity index (χ0v) is 12.9. The van der Waals surface area contributed by atoms with Crippen molar-refractivity contribution in [2.75, 3.05) is 6.54 Å². The predicted molar refractivity (Wildman–Crippen MR) is 82.7 cm³/mol. The van der Waals surface area contributed by atoms with E-state index in [2.05, 4.69) is 53.6 Å². The lowest BCUT2D eigenvalue weighted by molar-refractivity contribution is 0.582. The van der Waals surface area contributed by atoms with Crippen LogP contribution in [0.1, 0.15) is 47.6 Å². The lowest BCUT2D eigenvalue weighted by Gasteiger charge is -2.24. The first-order valence-corrected chi connectivity index (χ1v) is 8.06. The van der Waals surface area contributed by atoms with Gasteiger partial charge in [-0.2, -0.15) is 9.61 Å². The molecule has 5 nitrogen and oxygen atoms in total. The SMILES string of the molecule is CC(C)c1nnc2sc(C3CNCc4ccccc43)nn12. The minimum atomic E-state index is 0.307. The van der Waals surface area contributed by atoms with Gasteiger partial charge in [0.05, 0.1) is 5.92 Å². The van der Waals surface area contributed by atoms with Gasteiger partial charge in [0.15, 0.2) is 5.82 Å². The summed E-state index contributed by atoms with van der Waals surface area (Å²) in [5.41, 5.74) is 2.75. The van der Waals surface area contributed by atoms with Gasteiger partial charge >= 0.3 is 0 Å². The predicted octanol–water partition coefficient (Wildman–Crippen LogP) is 2.54. The van der Waals surface area contributed by atoms with E-state index in [0.717, 1.165) is 28.9 Å². The minimum absolute atomic E-state index is 0.307. The van der Waals surface area contributed by atoms with Gasteiger partial charge in [-0.3, -0.25) is 0 Å². The minimum Gasteiger partial charge on any atom is -0.312 e. The van der Waals surface area contributed by atoms with Gasteiger partial charge in [-0.05, 0) is 11.1 Å². The van der Waals surface area contributed by atoms with Crippen molar-refractivity contribution in [1.29, 1.82) is 0 Å². The average Bonchev–Trinajstić information content (AvgIpc) is 3.06. The zero-order chi connectivity index (χ0) is 14.4. The maximum absolute atomic E-state index is 4.79. The molecule has 0 fully saturated rings. The second kappa shape index (κ2) is 4.89. The summed E-state index contributed by atoms with van der Waals surface area (Å²) in [6.45, 7) is 6.10. The van der Waals surface area contributed by atoms with Crippen molar-refractivity contribution in [3.63, 3.8) is 0 Å². The average molecular weight is 299 g/mol.